The summed E-state index contributed by atoms with van der Waals surface area (Å²) in [5, 5.41) is 2.63. The van der Waals surface area contributed by atoms with E-state index in [1.807, 2.05) is 31.3 Å². The van der Waals surface area contributed by atoms with Crippen molar-refractivity contribution in [2.24, 2.45) is 0 Å². The third kappa shape index (κ3) is 2.85. The van der Waals surface area contributed by atoms with Crippen LogP contribution in [0.3, 0.4) is 0 Å². The number of H-pyrrole nitrogens is 1. The summed E-state index contributed by atoms with van der Waals surface area (Å²) in [6, 6.07) is 11.1. The summed E-state index contributed by atoms with van der Waals surface area (Å²) in [7, 11) is 1.69. The monoisotopic (exact) mass is 367 g/mol. The number of nitrogens with one attached hydrogen (secondary N) is 1. The van der Waals surface area contributed by atoms with Crippen molar-refractivity contribution in [1.29, 1.82) is 0 Å². The third-order valence-electron chi connectivity index (χ3n) is 4.40. The molecule has 0 bridgehead atoms. The Balaban J connectivity index is 1.85. The van der Waals surface area contributed by atoms with E-state index in [0.29, 0.717) is 28.8 Å². The molecule has 0 amide bonds. The molecule has 0 atom stereocenters. The van der Waals surface area contributed by atoms with Gasteiger partial charge in [0.15, 0.2) is 0 Å². The quantitative estimate of drug-likeness (QED) is 0.486. The summed E-state index contributed by atoms with van der Waals surface area (Å²) in [5.74, 6) is 1.26. The first-order chi connectivity index (χ1) is 12.6. The topological polar surface area (TPSA) is 73.2 Å². The number of benzene rings is 2. The second-order valence-corrected chi connectivity index (χ2v) is 6.58. The molecule has 0 radical (unpaired) electrons. The van der Waals surface area contributed by atoms with E-state index < -0.39 is 0 Å². The zero-order valence-corrected chi connectivity index (χ0v) is 15.2. The molecule has 0 unspecified atom stereocenters. The largest absolute Gasteiger partial charge is 0.456 e. The molecule has 0 saturated heterocycles. The highest BCUT2D eigenvalue weighted by atomic mass is 35.5. The van der Waals surface area contributed by atoms with E-state index in [4.69, 9.17) is 26.8 Å². The molecule has 2 heterocycles. The molecule has 2 aromatic carbocycles. The fourth-order valence-electron chi connectivity index (χ4n) is 3.15. The molecule has 2 aromatic heterocycles. The smallest absolute Gasteiger partial charge is 0.146 e. The van der Waals surface area contributed by atoms with E-state index in [-0.39, 0.29) is 0 Å². The zero-order chi connectivity index (χ0) is 18.3. The molecule has 0 fully saturated rings. The minimum absolute atomic E-state index is 0.476. The van der Waals surface area contributed by atoms with Gasteiger partial charge < -0.3 is 20.2 Å². The van der Waals surface area contributed by atoms with Gasteiger partial charge in [-0.1, -0.05) is 11.6 Å². The Labute approximate surface area is 155 Å². The molecule has 26 heavy (non-hydrogen) atoms. The minimum Gasteiger partial charge on any atom is -0.456 e. The van der Waals surface area contributed by atoms with Gasteiger partial charge >= 0.3 is 0 Å². The maximum atomic E-state index is 6.22. The van der Waals surface area contributed by atoms with Crippen molar-refractivity contribution >= 4 is 39.1 Å². The van der Waals surface area contributed by atoms with Gasteiger partial charge in [0.25, 0.3) is 0 Å². The number of aromatic amines is 1. The van der Waals surface area contributed by atoms with Crippen LogP contribution in [0.1, 0.15) is 11.3 Å². The molecular weight excluding hydrogens is 350 g/mol. The van der Waals surface area contributed by atoms with Crippen molar-refractivity contribution < 1.29 is 9.47 Å². The van der Waals surface area contributed by atoms with Gasteiger partial charge in [0.1, 0.15) is 11.5 Å². The molecule has 4 aromatic rings. The summed E-state index contributed by atoms with van der Waals surface area (Å²) in [6.07, 6.45) is 1.85. The van der Waals surface area contributed by atoms with Crippen molar-refractivity contribution in [3.8, 4) is 11.5 Å². The number of nitrogens with two attached hydrogens (primary N) is 1. The van der Waals surface area contributed by atoms with Crippen molar-refractivity contribution in [3.63, 3.8) is 0 Å². The summed E-state index contributed by atoms with van der Waals surface area (Å²) < 4.78 is 11.3. The number of methoxy groups -OCH3 is 1. The number of nitrogen functional groups attached to an aromatic ring is 1. The first kappa shape index (κ1) is 16.7. The summed E-state index contributed by atoms with van der Waals surface area (Å²) in [6.45, 7) is 2.49. The number of ether oxygens (including phenoxy) is 2. The highest BCUT2D eigenvalue weighted by Crippen LogP contribution is 2.35. The predicted molar refractivity (Wildman–Crippen MR) is 105 cm³/mol. The number of hydrogen-bond acceptors (Lipinski definition) is 4. The van der Waals surface area contributed by atoms with E-state index in [2.05, 4.69) is 9.97 Å². The Bertz CT molecular complexity index is 1120. The van der Waals surface area contributed by atoms with Crippen LogP contribution in [0.4, 0.5) is 5.69 Å². The highest BCUT2D eigenvalue weighted by Gasteiger charge is 2.13. The number of aryl methyl sites for hydroxylation is 1. The molecule has 132 valence electrons. The Kier molecular flexibility index (Phi) is 4.18. The lowest BCUT2D eigenvalue weighted by Gasteiger charge is -2.09. The van der Waals surface area contributed by atoms with Gasteiger partial charge in [0.2, 0.25) is 0 Å². The van der Waals surface area contributed by atoms with Crippen LogP contribution >= 0.6 is 11.6 Å². The van der Waals surface area contributed by atoms with Gasteiger partial charge in [-0.15, -0.1) is 0 Å². The van der Waals surface area contributed by atoms with Gasteiger partial charge in [0, 0.05) is 40.3 Å². The number of rotatable bonds is 4. The van der Waals surface area contributed by atoms with Gasteiger partial charge in [-0.3, -0.25) is 4.98 Å². The van der Waals surface area contributed by atoms with E-state index >= 15 is 0 Å². The Morgan fingerprint density at radius 3 is 2.77 bits per heavy atom. The normalized spacial score (nSPS) is 11.3. The van der Waals surface area contributed by atoms with Gasteiger partial charge in [-0.25, -0.2) is 0 Å². The minimum atomic E-state index is 0.476. The van der Waals surface area contributed by atoms with Crippen LogP contribution in [-0.2, 0) is 11.3 Å². The van der Waals surface area contributed by atoms with E-state index in [0.717, 1.165) is 33.1 Å². The maximum absolute atomic E-state index is 6.22. The molecule has 0 aliphatic heterocycles. The van der Waals surface area contributed by atoms with Crippen molar-refractivity contribution in [3.05, 3.63) is 58.9 Å². The predicted octanol–water partition coefficient (Wildman–Crippen LogP) is 5.20. The average Bonchev–Trinajstić information content (AvgIpc) is 2.98. The number of fused-ring (bicyclic) bond motifs is 3. The first-order valence-electron chi connectivity index (χ1n) is 8.18. The molecule has 0 aliphatic carbocycles. The Morgan fingerprint density at radius 1 is 1.15 bits per heavy atom. The average molecular weight is 368 g/mol. The standard InChI is InChI=1S/C20H18ClN3O2/c1-11-15(10-25-2)20-14-8-13(4-5-17(14)24-18(20)9-23-11)26-19-6-3-12(22)7-16(19)21/h3-9,24H,10,22H2,1-2H3. The SMILES string of the molecule is COCc1c(C)ncc2[nH]c3ccc(Oc4ccc(N)cc4Cl)cc3c12. The molecule has 0 saturated carbocycles. The number of nitrogens with zero attached hydrogens (tertiary/aromatic N) is 1. The molecule has 4 rings (SSSR count). The maximum Gasteiger partial charge on any atom is 0.146 e. The zero-order valence-electron chi connectivity index (χ0n) is 14.5. The second kappa shape index (κ2) is 6.52. The Hall–Kier alpha value is -2.76. The number of anilines is 1. The fourth-order valence-corrected chi connectivity index (χ4v) is 3.37. The highest BCUT2D eigenvalue weighted by molar-refractivity contribution is 6.32. The van der Waals surface area contributed by atoms with E-state index in [1.165, 1.54) is 0 Å². The van der Waals surface area contributed by atoms with Crippen LogP contribution in [0.5, 0.6) is 11.5 Å². The van der Waals surface area contributed by atoms with Crippen molar-refractivity contribution in [2.45, 2.75) is 13.5 Å². The van der Waals surface area contributed by atoms with Crippen molar-refractivity contribution in [2.75, 3.05) is 12.8 Å². The summed E-state index contributed by atoms with van der Waals surface area (Å²) in [4.78, 5) is 7.86. The van der Waals surface area contributed by atoms with Gasteiger partial charge in [-0.05, 0) is 43.3 Å². The number of hydrogen-bond donors (Lipinski definition) is 2. The molecule has 3 N–H and O–H groups in total. The lowest BCUT2D eigenvalue weighted by molar-refractivity contribution is 0.185. The fraction of sp³-hybridized carbons (Fsp3) is 0.150. The van der Waals surface area contributed by atoms with Crippen LogP contribution in [0.15, 0.2) is 42.6 Å². The van der Waals surface area contributed by atoms with Crippen LogP contribution in [0.2, 0.25) is 5.02 Å². The first-order valence-corrected chi connectivity index (χ1v) is 8.56. The van der Waals surface area contributed by atoms with Gasteiger partial charge in [-0.2, -0.15) is 0 Å². The second-order valence-electron chi connectivity index (χ2n) is 6.17. The number of halogens is 1. The molecule has 0 aliphatic rings. The molecule has 5 nitrogen and oxygen atoms in total. The van der Waals surface area contributed by atoms with Crippen LogP contribution < -0.4 is 10.5 Å². The lowest BCUT2D eigenvalue weighted by Crippen LogP contribution is -1.95. The van der Waals surface area contributed by atoms with Crippen molar-refractivity contribution in [1.82, 2.24) is 9.97 Å². The number of aromatic nitrogens is 2. The lowest BCUT2D eigenvalue weighted by atomic mass is 10.1. The van der Waals surface area contributed by atoms with Crippen LogP contribution in [0.25, 0.3) is 21.8 Å². The molecule has 0 spiro atoms. The summed E-state index contributed by atoms with van der Waals surface area (Å²) >= 11 is 6.22. The molecular formula is C20H18ClN3O2. The van der Waals surface area contributed by atoms with E-state index in [9.17, 15) is 0 Å². The Morgan fingerprint density at radius 2 is 2.00 bits per heavy atom. The molecule has 6 heteroatoms. The summed E-state index contributed by atoms with van der Waals surface area (Å²) in [5.41, 5.74) is 10.3. The van der Waals surface area contributed by atoms with Gasteiger partial charge in [0.05, 0.1) is 23.3 Å². The van der Waals surface area contributed by atoms with E-state index in [1.54, 1.807) is 25.3 Å². The van der Waals surface area contributed by atoms with Crippen LogP contribution in [0, 0.1) is 6.92 Å². The number of pyridine rings is 1. The van der Waals surface area contributed by atoms with Crippen LogP contribution in [-0.4, -0.2) is 17.1 Å². The third-order valence-corrected chi connectivity index (χ3v) is 4.69.